The Morgan fingerprint density at radius 1 is 1.22 bits per heavy atom. The molecule has 0 aliphatic rings. The molecular formula is C14H13Cl2NO. The van der Waals surface area contributed by atoms with Crippen LogP contribution in [0.3, 0.4) is 0 Å². The Bertz CT molecular complexity index is 570. The second-order valence-electron chi connectivity index (χ2n) is 4.12. The first-order chi connectivity index (χ1) is 8.60. The largest absolute Gasteiger partial charge is 0.439 e. The fourth-order valence-electron chi connectivity index (χ4n) is 1.55. The summed E-state index contributed by atoms with van der Waals surface area (Å²) in [5.74, 6) is 1.64. The first-order valence-corrected chi connectivity index (χ1v) is 6.47. The monoisotopic (exact) mass is 281 g/mol. The van der Waals surface area contributed by atoms with Crippen LogP contribution in [0.15, 0.2) is 30.5 Å². The zero-order valence-electron chi connectivity index (χ0n) is 10.2. The SMILES string of the molecule is Cc1ccc(C)c(Oc2cc(CCl)c(Cl)cn2)c1. The van der Waals surface area contributed by atoms with Gasteiger partial charge in [-0.05, 0) is 36.6 Å². The van der Waals surface area contributed by atoms with Gasteiger partial charge < -0.3 is 4.74 Å². The maximum absolute atomic E-state index is 5.95. The van der Waals surface area contributed by atoms with Gasteiger partial charge >= 0.3 is 0 Å². The van der Waals surface area contributed by atoms with E-state index >= 15 is 0 Å². The number of benzene rings is 1. The number of hydrogen-bond donors (Lipinski definition) is 0. The fourth-order valence-corrected chi connectivity index (χ4v) is 2.01. The van der Waals surface area contributed by atoms with Crippen molar-refractivity contribution in [1.82, 2.24) is 4.98 Å². The van der Waals surface area contributed by atoms with Gasteiger partial charge in [0.2, 0.25) is 5.88 Å². The van der Waals surface area contributed by atoms with Crippen LogP contribution in [-0.2, 0) is 5.88 Å². The predicted octanol–water partition coefficient (Wildman–Crippen LogP) is 4.88. The molecule has 2 rings (SSSR count). The number of aryl methyl sites for hydroxylation is 2. The lowest BCUT2D eigenvalue weighted by Crippen LogP contribution is -1.93. The summed E-state index contributed by atoms with van der Waals surface area (Å²) in [4.78, 5) is 4.14. The van der Waals surface area contributed by atoms with Gasteiger partial charge in [-0.3, -0.25) is 0 Å². The zero-order valence-corrected chi connectivity index (χ0v) is 11.7. The van der Waals surface area contributed by atoms with Crippen molar-refractivity contribution in [2.45, 2.75) is 19.7 Å². The van der Waals surface area contributed by atoms with Gasteiger partial charge in [0, 0.05) is 18.1 Å². The number of hydrogen-bond acceptors (Lipinski definition) is 2. The highest BCUT2D eigenvalue weighted by molar-refractivity contribution is 6.32. The smallest absolute Gasteiger partial charge is 0.219 e. The standard InChI is InChI=1S/C14H13Cl2NO/c1-9-3-4-10(2)13(5-9)18-14-6-11(7-15)12(16)8-17-14/h3-6,8H,7H2,1-2H3. The van der Waals surface area contributed by atoms with Gasteiger partial charge in [-0.25, -0.2) is 4.98 Å². The van der Waals surface area contributed by atoms with Gasteiger partial charge in [-0.1, -0.05) is 23.7 Å². The van der Waals surface area contributed by atoms with Crippen molar-refractivity contribution in [1.29, 1.82) is 0 Å². The molecule has 0 unspecified atom stereocenters. The van der Waals surface area contributed by atoms with Crippen molar-refractivity contribution in [3.8, 4) is 11.6 Å². The third-order valence-electron chi connectivity index (χ3n) is 2.61. The third-order valence-corrected chi connectivity index (χ3v) is 3.24. The average Bonchev–Trinajstić information content (AvgIpc) is 2.36. The van der Waals surface area contributed by atoms with Gasteiger partial charge in [0.15, 0.2) is 0 Å². The molecule has 18 heavy (non-hydrogen) atoms. The highest BCUT2D eigenvalue weighted by Crippen LogP contribution is 2.27. The molecule has 0 radical (unpaired) electrons. The van der Waals surface area contributed by atoms with E-state index in [-0.39, 0.29) is 0 Å². The molecule has 0 fully saturated rings. The minimum atomic E-state index is 0.338. The van der Waals surface area contributed by atoms with E-state index in [0.717, 1.165) is 22.4 Å². The van der Waals surface area contributed by atoms with E-state index < -0.39 is 0 Å². The third kappa shape index (κ3) is 2.95. The lowest BCUT2D eigenvalue weighted by molar-refractivity contribution is 0.458. The van der Waals surface area contributed by atoms with Crippen molar-refractivity contribution in [2.75, 3.05) is 0 Å². The van der Waals surface area contributed by atoms with E-state index in [0.29, 0.717) is 16.8 Å². The molecule has 94 valence electrons. The quantitative estimate of drug-likeness (QED) is 0.748. The van der Waals surface area contributed by atoms with Crippen LogP contribution in [0.4, 0.5) is 0 Å². The molecule has 0 bridgehead atoms. The number of nitrogens with zero attached hydrogens (tertiary/aromatic N) is 1. The Hall–Kier alpha value is -1.25. The Labute approximate surface area is 117 Å². The number of ether oxygens (including phenoxy) is 1. The molecule has 4 heteroatoms. The minimum Gasteiger partial charge on any atom is -0.439 e. The number of alkyl halides is 1. The summed E-state index contributed by atoms with van der Waals surface area (Å²) in [7, 11) is 0. The summed E-state index contributed by atoms with van der Waals surface area (Å²) in [5.41, 5.74) is 3.01. The average molecular weight is 282 g/mol. The van der Waals surface area contributed by atoms with E-state index in [1.807, 2.05) is 32.0 Å². The normalized spacial score (nSPS) is 10.4. The van der Waals surface area contributed by atoms with Gasteiger partial charge in [-0.15, -0.1) is 11.6 Å². The molecule has 0 amide bonds. The molecule has 0 N–H and O–H groups in total. The molecular weight excluding hydrogens is 269 g/mol. The van der Waals surface area contributed by atoms with Crippen LogP contribution in [0.1, 0.15) is 16.7 Å². The lowest BCUT2D eigenvalue weighted by atomic mass is 10.1. The lowest BCUT2D eigenvalue weighted by Gasteiger charge is -2.10. The van der Waals surface area contributed by atoms with Crippen molar-refractivity contribution in [3.63, 3.8) is 0 Å². The van der Waals surface area contributed by atoms with E-state index in [4.69, 9.17) is 27.9 Å². The van der Waals surface area contributed by atoms with E-state index in [1.165, 1.54) is 0 Å². The van der Waals surface area contributed by atoms with Crippen molar-refractivity contribution in [3.05, 3.63) is 52.2 Å². The summed E-state index contributed by atoms with van der Waals surface area (Å²) >= 11 is 11.7. The minimum absolute atomic E-state index is 0.338. The molecule has 0 spiro atoms. The Morgan fingerprint density at radius 2 is 2.00 bits per heavy atom. The molecule has 0 saturated carbocycles. The fraction of sp³-hybridized carbons (Fsp3) is 0.214. The van der Waals surface area contributed by atoms with Gasteiger partial charge in [0.05, 0.1) is 5.02 Å². The Balaban J connectivity index is 2.31. The molecule has 1 aromatic carbocycles. The highest BCUT2D eigenvalue weighted by Gasteiger charge is 2.06. The van der Waals surface area contributed by atoms with Crippen molar-refractivity contribution < 1.29 is 4.74 Å². The van der Waals surface area contributed by atoms with Gasteiger partial charge in [0.1, 0.15) is 5.75 Å². The second-order valence-corrected chi connectivity index (χ2v) is 4.79. The summed E-state index contributed by atoms with van der Waals surface area (Å²) in [6.45, 7) is 4.01. The summed E-state index contributed by atoms with van der Waals surface area (Å²) in [6, 6.07) is 7.80. The molecule has 1 aromatic heterocycles. The molecule has 2 nitrogen and oxygen atoms in total. The van der Waals surface area contributed by atoms with Crippen LogP contribution < -0.4 is 4.74 Å². The highest BCUT2D eigenvalue weighted by atomic mass is 35.5. The number of pyridine rings is 1. The maximum atomic E-state index is 5.95. The molecule has 0 saturated heterocycles. The number of halogens is 2. The first-order valence-electron chi connectivity index (χ1n) is 5.55. The Morgan fingerprint density at radius 3 is 2.72 bits per heavy atom. The van der Waals surface area contributed by atoms with Crippen molar-refractivity contribution in [2.24, 2.45) is 0 Å². The van der Waals surface area contributed by atoms with Crippen LogP contribution in [0.2, 0.25) is 5.02 Å². The van der Waals surface area contributed by atoms with Crippen LogP contribution in [0.25, 0.3) is 0 Å². The molecule has 0 atom stereocenters. The van der Waals surface area contributed by atoms with Crippen LogP contribution in [0, 0.1) is 13.8 Å². The topological polar surface area (TPSA) is 22.1 Å². The summed E-state index contributed by atoms with van der Waals surface area (Å²) in [6.07, 6.45) is 1.56. The molecule has 0 aliphatic carbocycles. The zero-order chi connectivity index (χ0) is 13.1. The van der Waals surface area contributed by atoms with E-state index in [1.54, 1.807) is 12.3 Å². The van der Waals surface area contributed by atoms with Crippen LogP contribution in [-0.4, -0.2) is 4.98 Å². The second kappa shape index (κ2) is 5.59. The molecule has 1 heterocycles. The molecule has 2 aromatic rings. The Kier molecular flexibility index (Phi) is 4.10. The van der Waals surface area contributed by atoms with E-state index in [2.05, 4.69) is 4.98 Å². The summed E-state index contributed by atoms with van der Waals surface area (Å²) < 4.78 is 5.76. The van der Waals surface area contributed by atoms with Gasteiger partial charge in [-0.2, -0.15) is 0 Å². The van der Waals surface area contributed by atoms with Crippen LogP contribution >= 0.6 is 23.2 Å². The number of rotatable bonds is 3. The summed E-state index contributed by atoms with van der Waals surface area (Å²) in [5, 5.41) is 0.554. The molecule has 0 aliphatic heterocycles. The van der Waals surface area contributed by atoms with Crippen molar-refractivity contribution >= 4 is 23.2 Å². The maximum Gasteiger partial charge on any atom is 0.219 e. The predicted molar refractivity (Wildman–Crippen MR) is 74.8 cm³/mol. The number of aromatic nitrogens is 1. The van der Waals surface area contributed by atoms with E-state index in [9.17, 15) is 0 Å². The first kappa shape index (κ1) is 13.2. The van der Waals surface area contributed by atoms with Gasteiger partial charge in [0.25, 0.3) is 0 Å². The van der Waals surface area contributed by atoms with Crippen LogP contribution in [0.5, 0.6) is 11.6 Å².